The number of rotatable bonds is 6. The van der Waals surface area contributed by atoms with Crippen molar-refractivity contribution in [3.05, 3.63) is 88.4 Å². The molecule has 0 bridgehead atoms. The van der Waals surface area contributed by atoms with E-state index in [9.17, 15) is 10.1 Å². The molecule has 5 rings (SSSR count). The van der Waals surface area contributed by atoms with Crippen LogP contribution in [0.3, 0.4) is 0 Å². The summed E-state index contributed by atoms with van der Waals surface area (Å²) < 4.78 is 6.71. The average Bonchev–Trinajstić information content (AvgIpc) is 3.37. The summed E-state index contributed by atoms with van der Waals surface area (Å²) >= 11 is 2.89. The molecule has 1 aliphatic carbocycles. The van der Waals surface area contributed by atoms with Gasteiger partial charge in [-0.15, -0.1) is 10.2 Å². The minimum Gasteiger partial charge on any atom is -0.489 e. The van der Waals surface area contributed by atoms with Gasteiger partial charge < -0.3 is 10.5 Å². The molecule has 3 aromatic rings. The number of anilines is 1. The van der Waals surface area contributed by atoms with Gasteiger partial charge in [-0.3, -0.25) is 9.69 Å². The van der Waals surface area contributed by atoms with Gasteiger partial charge in [0.05, 0.1) is 17.6 Å². The lowest BCUT2D eigenvalue weighted by molar-refractivity contribution is -0.116. The second kappa shape index (κ2) is 9.94. The number of hydrogen-bond acceptors (Lipinski definition) is 9. The van der Waals surface area contributed by atoms with Gasteiger partial charge >= 0.3 is 0 Å². The molecular formula is C26H23N5O2S2. The van der Waals surface area contributed by atoms with Crippen molar-refractivity contribution < 1.29 is 9.53 Å². The van der Waals surface area contributed by atoms with E-state index in [4.69, 9.17) is 10.5 Å². The Balaban J connectivity index is 1.51. The highest BCUT2D eigenvalue weighted by molar-refractivity contribution is 8.00. The first kappa shape index (κ1) is 23.1. The van der Waals surface area contributed by atoms with Crippen LogP contribution in [-0.2, 0) is 11.4 Å². The van der Waals surface area contributed by atoms with Crippen molar-refractivity contribution in [2.75, 3.05) is 11.2 Å². The number of nitrogens with two attached hydrogens (primary N) is 1. The van der Waals surface area contributed by atoms with Gasteiger partial charge in [-0.2, -0.15) is 5.26 Å². The van der Waals surface area contributed by atoms with Crippen molar-refractivity contribution in [1.82, 2.24) is 10.2 Å². The summed E-state index contributed by atoms with van der Waals surface area (Å²) in [5.74, 6) is 0.544. The Morgan fingerprint density at radius 2 is 1.94 bits per heavy atom. The van der Waals surface area contributed by atoms with Crippen LogP contribution in [0.2, 0.25) is 0 Å². The highest BCUT2D eigenvalue weighted by Gasteiger charge is 2.41. The van der Waals surface area contributed by atoms with Crippen LogP contribution in [0.15, 0.2) is 81.6 Å². The smallest absolute Gasteiger partial charge is 0.219 e. The number of ether oxygens (including phenoxy) is 1. The van der Waals surface area contributed by atoms with Crippen LogP contribution in [0.4, 0.5) is 5.13 Å². The largest absolute Gasteiger partial charge is 0.489 e. The van der Waals surface area contributed by atoms with Crippen LogP contribution in [0, 0.1) is 11.3 Å². The average molecular weight is 502 g/mol. The Labute approximate surface area is 211 Å². The lowest BCUT2D eigenvalue weighted by atomic mass is 9.76. The van der Waals surface area contributed by atoms with Gasteiger partial charge in [0.15, 0.2) is 10.1 Å². The number of ketones is 1. The van der Waals surface area contributed by atoms with Gasteiger partial charge in [0.2, 0.25) is 5.13 Å². The second-order valence-electron chi connectivity index (χ2n) is 8.21. The minimum absolute atomic E-state index is 0.0421. The maximum Gasteiger partial charge on any atom is 0.219 e. The van der Waals surface area contributed by atoms with Crippen molar-refractivity contribution in [3.8, 4) is 11.8 Å². The fourth-order valence-corrected chi connectivity index (χ4v) is 5.81. The highest BCUT2D eigenvalue weighted by atomic mass is 32.2. The third kappa shape index (κ3) is 4.43. The first-order valence-corrected chi connectivity index (χ1v) is 13.2. The number of benzene rings is 2. The minimum atomic E-state index is -0.518. The SMILES string of the molecule is CSc1nnc(N2C(N)=C(C#N)C(c3ccc(OCc4ccccc4)cc3)C3=C2CCCC3=O)s1. The summed E-state index contributed by atoms with van der Waals surface area (Å²) in [7, 11) is 0. The standard InChI is InChI=1S/C26H23N5O2S2/c1-34-26-30-29-25(35-26)31-20-8-5-9-21(32)23(20)22(19(14-27)24(31)28)17-10-12-18(13-11-17)33-15-16-6-3-2-4-7-16/h2-4,6-7,10-13,22H,5,8-9,15,28H2,1H3. The van der Waals surface area contributed by atoms with Crippen LogP contribution in [0.25, 0.3) is 0 Å². The molecule has 35 heavy (non-hydrogen) atoms. The number of carbonyl (C=O) groups excluding carboxylic acids is 1. The molecule has 1 aromatic heterocycles. The summed E-state index contributed by atoms with van der Waals surface area (Å²) in [5.41, 5.74) is 10.3. The van der Waals surface area contributed by atoms with Gasteiger partial charge in [0, 0.05) is 17.7 Å². The number of Topliss-reactive ketones (excluding diaryl/α,β-unsaturated/α-hetero) is 1. The number of allylic oxidation sites excluding steroid dienone is 3. The molecule has 2 N–H and O–H groups in total. The summed E-state index contributed by atoms with van der Waals surface area (Å²) in [6, 6.07) is 19.8. The molecule has 0 radical (unpaired) electrons. The molecule has 0 saturated carbocycles. The first-order chi connectivity index (χ1) is 17.1. The van der Waals surface area contributed by atoms with Crippen LogP contribution in [0.1, 0.15) is 36.3 Å². The number of nitriles is 1. The fraction of sp³-hybridized carbons (Fsp3) is 0.231. The summed E-state index contributed by atoms with van der Waals surface area (Å²) in [6.45, 7) is 0.461. The van der Waals surface area contributed by atoms with Gasteiger partial charge in [-0.25, -0.2) is 0 Å². The quantitative estimate of drug-likeness (QED) is 0.463. The molecule has 2 heterocycles. The number of aromatic nitrogens is 2. The fourth-order valence-electron chi connectivity index (χ4n) is 4.51. The van der Waals surface area contributed by atoms with Crippen LogP contribution < -0.4 is 15.4 Å². The normalized spacial score (nSPS) is 17.9. The predicted molar refractivity (Wildman–Crippen MR) is 137 cm³/mol. The van der Waals surface area contributed by atoms with Crippen molar-refractivity contribution in [2.45, 2.75) is 36.1 Å². The van der Waals surface area contributed by atoms with E-state index in [0.717, 1.165) is 27.6 Å². The molecule has 1 aliphatic heterocycles. The van der Waals surface area contributed by atoms with E-state index in [1.165, 1.54) is 23.1 Å². The Hall–Kier alpha value is -3.61. The first-order valence-electron chi connectivity index (χ1n) is 11.2. The van der Waals surface area contributed by atoms with E-state index >= 15 is 0 Å². The third-order valence-corrected chi connectivity index (χ3v) is 8.02. The summed E-state index contributed by atoms with van der Waals surface area (Å²) in [4.78, 5) is 15.0. The van der Waals surface area contributed by atoms with E-state index in [2.05, 4.69) is 16.3 Å². The summed E-state index contributed by atoms with van der Waals surface area (Å²) in [5, 5.41) is 19.2. The lowest BCUT2D eigenvalue weighted by Gasteiger charge is -2.38. The Bertz CT molecular complexity index is 1360. The van der Waals surface area contributed by atoms with Crippen LogP contribution >= 0.6 is 23.1 Å². The van der Waals surface area contributed by atoms with Crippen molar-refractivity contribution in [3.63, 3.8) is 0 Å². The molecule has 0 amide bonds. The van der Waals surface area contributed by atoms with E-state index in [0.29, 0.717) is 47.3 Å². The van der Waals surface area contributed by atoms with E-state index in [1.807, 2.05) is 60.9 Å². The zero-order chi connectivity index (χ0) is 24.4. The zero-order valence-corrected chi connectivity index (χ0v) is 20.7. The predicted octanol–water partition coefficient (Wildman–Crippen LogP) is 5.14. The molecule has 0 spiro atoms. The van der Waals surface area contributed by atoms with Gasteiger partial charge in [-0.1, -0.05) is 65.6 Å². The molecular weight excluding hydrogens is 478 g/mol. The number of thioether (sulfide) groups is 1. The van der Waals surface area contributed by atoms with Crippen molar-refractivity contribution >= 4 is 34.0 Å². The van der Waals surface area contributed by atoms with Crippen molar-refractivity contribution in [2.24, 2.45) is 5.73 Å². The van der Waals surface area contributed by atoms with Gasteiger partial charge in [-0.05, 0) is 42.4 Å². The number of nitrogens with zero attached hydrogens (tertiary/aromatic N) is 4. The van der Waals surface area contributed by atoms with E-state index in [-0.39, 0.29) is 5.78 Å². The molecule has 7 nitrogen and oxygen atoms in total. The summed E-state index contributed by atoms with van der Waals surface area (Å²) in [6.07, 6.45) is 3.80. The number of carbonyl (C=O) groups is 1. The molecule has 0 saturated heterocycles. The zero-order valence-electron chi connectivity index (χ0n) is 19.1. The molecule has 1 atom stereocenters. The highest BCUT2D eigenvalue weighted by Crippen LogP contribution is 2.47. The maximum absolute atomic E-state index is 13.2. The molecule has 176 valence electrons. The van der Waals surface area contributed by atoms with E-state index in [1.54, 1.807) is 4.90 Å². The third-order valence-electron chi connectivity index (χ3n) is 6.14. The monoisotopic (exact) mass is 501 g/mol. The van der Waals surface area contributed by atoms with Crippen LogP contribution in [-0.4, -0.2) is 22.2 Å². The maximum atomic E-state index is 13.2. The Morgan fingerprint density at radius 1 is 1.17 bits per heavy atom. The Kier molecular flexibility index (Phi) is 6.57. The van der Waals surface area contributed by atoms with E-state index < -0.39 is 5.92 Å². The van der Waals surface area contributed by atoms with Crippen LogP contribution in [0.5, 0.6) is 5.75 Å². The van der Waals surface area contributed by atoms with Crippen molar-refractivity contribution in [1.29, 1.82) is 5.26 Å². The number of hydrogen-bond donors (Lipinski definition) is 1. The molecule has 0 fully saturated rings. The molecule has 1 unspecified atom stereocenters. The Morgan fingerprint density at radius 3 is 2.63 bits per heavy atom. The lowest BCUT2D eigenvalue weighted by Crippen LogP contribution is -2.38. The molecule has 2 aliphatic rings. The molecule has 2 aromatic carbocycles. The molecule has 9 heteroatoms. The second-order valence-corrected chi connectivity index (χ2v) is 10.2. The van der Waals surface area contributed by atoms with Gasteiger partial charge in [0.25, 0.3) is 0 Å². The topological polar surface area (TPSA) is 105 Å². The van der Waals surface area contributed by atoms with Gasteiger partial charge in [0.1, 0.15) is 18.2 Å².